The fourth-order valence-electron chi connectivity index (χ4n) is 0.583. The molecule has 0 amide bonds. The van der Waals surface area contributed by atoms with E-state index in [1.807, 2.05) is 0 Å². The highest BCUT2D eigenvalue weighted by Gasteiger charge is 1.99. The second-order valence-corrected chi connectivity index (χ2v) is 2.40. The van der Waals surface area contributed by atoms with E-state index in [0.717, 1.165) is 6.26 Å². The fourth-order valence-corrected chi connectivity index (χ4v) is 0.583. The maximum atomic E-state index is 10.7. The fraction of sp³-hybridized carbons (Fsp3) is 0.500. The van der Waals surface area contributed by atoms with Crippen molar-refractivity contribution in [2.24, 2.45) is 5.90 Å². The Balaban J connectivity index is 3.34. The summed E-state index contributed by atoms with van der Waals surface area (Å²) < 4.78 is 8.85. The molecule has 0 saturated heterocycles. The molecule has 0 aromatic rings. The van der Waals surface area contributed by atoms with Gasteiger partial charge in [-0.2, -0.15) is 0 Å². The lowest BCUT2D eigenvalue weighted by molar-refractivity contribution is -0.143. The third kappa shape index (κ3) is 8.94. The van der Waals surface area contributed by atoms with Gasteiger partial charge in [-0.05, 0) is 0 Å². The minimum atomic E-state index is -0.643. The Morgan fingerprint density at radius 2 is 2.12 bits per heavy atom. The van der Waals surface area contributed by atoms with Gasteiger partial charge < -0.3 is 9.47 Å². The first-order valence-electron chi connectivity index (χ1n) is 4.31. The number of esters is 2. The highest BCUT2D eigenvalue weighted by Crippen LogP contribution is 1.84. The first-order valence-corrected chi connectivity index (χ1v) is 4.31. The van der Waals surface area contributed by atoms with Crippen molar-refractivity contribution in [2.75, 3.05) is 20.3 Å². The highest BCUT2D eigenvalue weighted by atomic mass is 16.6. The van der Waals surface area contributed by atoms with Crippen molar-refractivity contribution in [1.29, 1.82) is 0 Å². The molecule has 0 saturated carbocycles. The Bertz CT molecular complexity index is 243. The summed E-state index contributed by atoms with van der Waals surface area (Å²) in [7, 11) is 1.29. The van der Waals surface area contributed by atoms with E-state index in [0.29, 0.717) is 0 Å². The van der Waals surface area contributed by atoms with E-state index >= 15 is 0 Å². The summed E-state index contributed by atoms with van der Waals surface area (Å²) in [6.45, 7) is -0.204. The van der Waals surface area contributed by atoms with Crippen LogP contribution in [0.1, 0.15) is 6.42 Å². The largest absolute Gasteiger partial charge is 0.469 e. The quantitative estimate of drug-likeness (QED) is 0.237. The SMILES string of the molecule is COC(=O)CCONC=COC(=O)CON. The van der Waals surface area contributed by atoms with E-state index in [1.165, 1.54) is 13.3 Å². The number of carbonyl (C=O) groups is 2. The van der Waals surface area contributed by atoms with Gasteiger partial charge in [-0.25, -0.2) is 10.7 Å². The van der Waals surface area contributed by atoms with Crippen molar-refractivity contribution >= 4 is 11.9 Å². The van der Waals surface area contributed by atoms with Crippen LogP contribution in [0.25, 0.3) is 0 Å². The van der Waals surface area contributed by atoms with Crippen LogP contribution in [0.3, 0.4) is 0 Å². The van der Waals surface area contributed by atoms with Gasteiger partial charge in [-0.3, -0.25) is 19.9 Å². The molecule has 0 aliphatic heterocycles. The van der Waals surface area contributed by atoms with Crippen molar-refractivity contribution in [3.05, 3.63) is 12.5 Å². The standard InChI is InChI=1S/C8H14N2O6/c1-13-7(11)2-4-16-10-3-5-14-8(12)6-15-9/h3,5,10H,2,4,6,9H2,1H3. The third-order valence-electron chi connectivity index (χ3n) is 1.26. The maximum absolute atomic E-state index is 10.7. The molecule has 0 fully saturated rings. The maximum Gasteiger partial charge on any atom is 0.339 e. The zero-order valence-corrected chi connectivity index (χ0v) is 8.80. The van der Waals surface area contributed by atoms with E-state index in [1.54, 1.807) is 0 Å². The first-order chi connectivity index (χ1) is 7.70. The molecule has 0 unspecified atom stereocenters. The zero-order chi connectivity index (χ0) is 12.2. The molecule has 8 nitrogen and oxygen atoms in total. The lowest BCUT2D eigenvalue weighted by atomic mass is 10.5. The molecule has 0 spiro atoms. The van der Waals surface area contributed by atoms with E-state index in [9.17, 15) is 9.59 Å². The van der Waals surface area contributed by atoms with Crippen LogP contribution in [0, 0.1) is 0 Å². The molecule has 0 atom stereocenters. The van der Waals surface area contributed by atoms with Crippen molar-refractivity contribution in [3.8, 4) is 0 Å². The van der Waals surface area contributed by atoms with Gasteiger partial charge in [0.05, 0.1) is 26.3 Å². The van der Waals surface area contributed by atoms with Crippen molar-refractivity contribution < 1.29 is 28.7 Å². The van der Waals surface area contributed by atoms with Crippen LogP contribution in [-0.4, -0.2) is 32.3 Å². The molecule has 0 aliphatic rings. The third-order valence-corrected chi connectivity index (χ3v) is 1.26. The molecule has 0 radical (unpaired) electrons. The van der Waals surface area contributed by atoms with Gasteiger partial charge in [-0.15, -0.1) is 0 Å². The molecular formula is C8H14N2O6. The molecule has 0 rings (SSSR count). The summed E-state index contributed by atoms with van der Waals surface area (Å²) in [4.78, 5) is 30.1. The molecular weight excluding hydrogens is 220 g/mol. The van der Waals surface area contributed by atoms with Crippen LogP contribution in [0.4, 0.5) is 0 Å². The molecule has 8 heteroatoms. The first kappa shape index (κ1) is 14.4. The summed E-state index contributed by atoms with van der Waals surface area (Å²) >= 11 is 0. The average molecular weight is 234 g/mol. The van der Waals surface area contributed by atoms with Gasteiger partial charge in [0, 0.05) is 0 Å². The van der Waals surface area contributed by atoms with E-state index in [2.05, 4.69) is 25.7 Å². The van der Waals surface area contributed by atoms with Crippen LogP contribution in [0.15, 0.2) is 12.5 Å². The molecule has 16 heavy (non-hydrogen) atoms. The number of hydroxylamine groups is 1. The van der Waals surface area contributed by atoms with Crippen molar-refractivity contribution in [3.63, 3.8) is 0 Å². The van der Waals surface area contributed by atoms with Crippen LogP contribution in [0.2, 0.25) is 0 Å². The number of ether oxygens (including phenoxy) is 2. The van der Waals surface area contributed by atoms with Gasteiger partial charge in [-0.1, -0.05) is 0 Å². The van der Waals surface area contributed by atoms with Crippen LogP contribution in [0.5, 0.6) is 0 Å². The molecule has 0 aromatic heterocycles. The summed E-state index contributed by atoms with van der Waals surface area (Å²) in [6, 6.07) is 0. The second-order valence-electron chi connectivity index (χ2n) is 2.40. The predicted octanol–water partition coefficient (Wildman–Crippen LogP) is -1.02. The van der Waals surface area contributed by atoms with Gasteiger partial charge in [0.1, 0.15) is 6.26 Å². The Morgan fingerprint density at radius 3 is 2.75 bits per heavy atom. The monoisotopic (exact) mass is 234 g/mol. The number of hydrogen-bond donors (Lipinski definition) is 2. The van der Waals surface area contributed by atoms with E-state index in [4.69, 9.17) is 4.84 Å². The lowest BCUT2D eigenvalue weighted by Gasteiger charge is -2.01. The van der Waals surface area contributed by atoms with Crippen LogP contribution in [-0.2, 0) is 28.7 Å². The lowest BCUT2D eigenvalue weighted by Crippen LogP contribution is -2.14. The number of carbonyl (C=O) groups excluding carboxylic acids is 2. The van der Waals surface area contributed by atoms with Crippen LogP contribution < -0.4 is 11.4 Å². The number of hydrogen-bond acceptors (Lipinski definition) is 8. The summed E-state index contributed by atoms with van der Waals surface area (Å²) in [5, 5.41) is 0. The Kier molecular flexibility index (Phi) is 8.88. The molecule has 92 valence electrons. The normalized spacial score (nSPS) is 10.1. The number of nitrogens with one attached hydrogen (secondary N) is 1. The minimum Gasteiger partial charge on any atom is -0.469 e. The van der Waals surface area contributed by atoms with Gasteiger partial charge in [0.25, 0.3) is 0 Å². The predicted molar refractivity (Wildman–Crippen MR) is 51.1 cm³/mol. The topological polar surface area (TPSA) is 109 Å². The Labute approximate surface area is 92.2 Å². The van der Waals surface area contributed by atoms with Gasteiger partial charge in [0.2, 0.25) is 0 Å². The van der Waals surface area contributed by atoms with E-state index < -0.39 is 5.97 Å². The van der Waals surface area contributed by atoms with Crippen molar-refractivity contribution in [2.45, 2.75) is 6.42 Å². The molecule has 0 heterocycles. The van der Waals surface area contributed by atoms with E-state index in [-0.39, 0.29) is 25.6 Å². The van der Waals surface area contributed by atoms with Crippen LogP contribution >= 0.6 is 0 Å². The summed E-state index contributed by atoms with van der Waals surface area (Å²) in [5.74, 6) is 3.61. The van der Waals surface area contributed by atoms with Gasteiger partial charge in [0.15, 0.2) is 6.61 Å². The smallest absolute Gasteiger partial charge is 0.339 e. The Morgan fingerprint density at radius 1 is 1.38 bits per heavy atom. The molecule has 0 aliphatic carbocycles. The Hall–Kier alpha value is -1.64. The number of methoxy groups -OCH3 is 1. The summed E-state index contributed by atoms with van der Waals surface area (Å²) in [5.41, 5.74) is 2.32. The van der Waals surface area contributed by atoms with Crippen molar-refractivity contribution in [1.82, 2.24) is 5.48 Å². The zero-order valence-electron chi connectivity index (χ0n) is 8.80. The second kappa shape index (κ2) is 9.90. The molecule has 0 aromatic carbocycles. The number of rotatable bonds is 8. The average Bonchev–Trinajstić information content (AvgIpc) is 2.27. The molecule has 0 bridgehead atoms. The number of nitrogens with two attached hydrogens (primary N) is 1. The summed E-state index contributed by atoms with van der Waals surface area (Å²) in [6.07, 6.45) is 2.41. The van der Waals surface area contributed by atoms with Gasteiger partial charge >= 0.3 is 11.9 Å². The minimum absolute atomic E-state index is 0.123. The highest BCUT2D eigenvalue weighted by molar-refractivity contribution is 5.71. The molecule has 3 N–H and O–H groups in total.